The number of hydrogen-bond donors (Lipinski definition) is 1. The second kappa shape index (κ2) is 17.5. The van der Waals surface area contributed by atoms with Crippen LogP contribution in [-0.4, -0.2) is 56.3 Å². The first-order chi connectivity index (χ1) is 23.8. The van der Waals surface area contributed by atoms with E-state index in [0.29, 0.717) is 12.1 Å². The molecule has 4 rings (SSSR count). The molecule has 50 heavy (non-hydrogen) atoms. The highest BCUT2D eigenvalue weighted by Crippen LogP contribution is 2.36. The van der Waals surface area contributed by atoms with Gasteiger partial charge < -0.3 is 15.0 Å². The molecule has 0 fully saturated rings. The molecule has 1 atom stereocenters. The van der Waals surface area contributed by atoms with Crippen molar-refractivity contribution >= 4 is 60.7 Å². The van der Waals surface area contributed by atoms with Gasteiger partial charge in [0.15, 0.2) is 0 Å². The summed E-state index contributed by atoms with van der Waals surface area (Å²) in [4.78, 5) is 40.7. The lowest BCUT2D eigenvalue weighted by Gasteiger charge is -2.34. The molecule has 0 spiro atoms. The number of anilines is 1. The number of benzene rings is 4. The Balaban J connectivity index is 1.87. The Labute approximate surface area is 305 Å². The SMILES string of the molecule is CCCCNC(=O)C(Cc1ccccc1)N(Cc1ccc(Br)cc1)C(=O)CN(c1cc(Cl)ccc1OC)S(=O)(=O)c1ccc(C)c([N+](=O)[O-])c1. The summed E-state index contributed by atoms with van der Waals surface area (Å²) >= 11 is 9.77. The molecule has 1 N–H and O–H groups in total. The average Bonchev–Trinajstić information content (AvgIpc) is 3.09. The van der Waals surface area contributed by atoms with Crippen molar-refractivity contribution in [2.75, 3.05) is 24.5 Å². The molecule has 0 saturated carbocycles. The Morgan fingerprint density at radius 3 is 2.34 bits per heavy atom. The van der Waals surface area contributed by atoms with Gasteiger partial charge in [-0.05, 0) is 60.9 Å². The van der Waals surface area contributed by atoms with E-state index in [1.807, 2.05) is 49.4 Å². The second-order valence-corrected chi connectivity index (χ2v) is 14.7. The van der Waals surface area contributed by atoms with Crippen molar-refractivity contribution in [3.05, 3.63) is 127 Å². The highest BCUT2D eigenvalue weighted by Gasteiger charge is 2.36. The standard InChI is InChI=1S/C36H38BrClN4O7S/c1-4-5-19-39-36(44)33(20-26-9-7-6-8-10-26)40(23-27-12-14-28(37)15-13-27)35(43)24-41(32-21-29(38)16-18-34(32)49-3)50(47,48)30-17-11-25(2)31(22-30)42(45)46/h6-18,21-22,33H,4-5,19-20,23-24H2,1-3H3,(H,39,44). The van der Waals surface area contributed by atoms with Gasteiger partial charge in [0.1, 0.15) is 18.3 Å². The van der Waals surface area contributed by atoms with Crippen LogP contribution in [-0.2, 0) is 32.6 Å². The van der Waals surface area contributed by atoms with Gasteiger partial charge in [-0.1, -0.05) is 89.4 Å². The molecule has 1 unspecified atom stereocenters. The number of aryl methyl sites for hydroxylation is 1. The monoisotopic (exact) mass is 784 g/mol. The van der Waals surface area contributed by atoms with E-state index >= 15 is 0 Å². The van der Waals surface area contributed by atoms with E-state index in [4.69, 9.17) is 16.3 Å². The summed E-state index contributed by atoms with van der Waals surface area (Å²) in [5.74, 6) is -1.01. The number of carbonyl (C=O) groups is 2. The van der Waals surface area contributed by atoms with E-state index in [1.54, 1.807) is 12.1 Å². The minimum absolute atomic E-state index is 0.0264. The number of amides is 2. The minimum atomic E-state index is -4.67. The maximum absolute atomic E-state index is 14.7. The van der Waals surface area contributed by atoms with Crippen LogP contribution in [0.2, 0.25) is 5.02 Å². The Hall–Kier alpha value is -4.46. The Bertz CT molecular complexity index is 1930. The van der Waals surface area contributed by atoms with Crippen molar-refractivity contribution in [1.29, 1.82) is 0 Å². The van der Waals surface area contributed by atoms with Crippen LogP contribution < -0.4 is 14.4 Å². The van der Waals surface area contributed by atoms with Gasteiger partial charge >= 0.3 is 0 Å². The summed E-state index contributed by atoms with van der Waals surface area (Å²) in [7, 11) is -3.33. The lowest BCUT2D eigenvalue weighted by molar-refractivity contribution is -0.385. The Kier molecular flexibility index (Phi) is 13.4. The van der Waals surface area contributed by atoms with Crippen molar-refractivity contribution in [3.8, 4) is 5.75 Å². The smallest absolute Gasteiger partial charge is 0.273 e. The lowest BCUT2D eigenvalue weighted by Crippen LogP contribution is -2.53. The summed E-state index contributed by atoms with van der Waals surface area (Å²) in [6.07, 6.45) is 1.73. The molecule has 2 amide bonds. The zero-order valence-corrected chi connectivity index (χ0v) is 31.0. The number of rotatable bonds is 16. The summed E-state index contributed by atoms with van der Waals surface area (Å²) in [6.45, 7) is 3.08. The molecular formula is C36H38BrClN4O7S. The quantitative estimate of drug-likeness (QED) is 0.0728. The molecule has 0 aliphatic heterocycles. The first-order valence-corrected chi connectivity index (χ1v) is 18.4. The van der Waals surface area contributed by atoms with Crippen molar-refractivity contribution in [2.24, 2.45) is 0 Å². The normalized spacial score (nSPS) is 11.8. The second-order valence-electron chi connectivity index (χ2n) is 11.5. The molecule has 0 heterocycles. The van der Waals surface area contributed by atoms with Crippen molar-refractivity contribution in [2.45, 2.75) is 50.6 Å². The Morgan fingerprint density at radius 2 is 1.70 bits per heavy atom. The third kappa shape index (κ3) is 9.61. The summed E-state index contributed by atoms with van der Waals surface area (Å²) in [5.41, 5.74) is 1.29. The third-order valence-electron chi connectivity index (χ3n) is 8.02. The molecule has 0 bridgehead atoms. The topological polar surface area (TPSA) is 139 Å². The van der Waals surface area contributed by atoms with Gasteiger partial charge in [-0.15, -0.1) is 0 Å². The van der Waals surface area contributed by atoms with Gasteiger partial charge in [0.2, 0.25) is 11.8 Å². The highest BCUT2D eigenvalue weighted by atomic mass is 79.9. The average molecular weight is 786 g/mol. The summed E-state index contributed by atoms with van der Waals surface area (Å²) in [5, 5.41) is 14.9. The van der Waals surface area contributed by atoms with Crippen molar-refractivity contribution in [3.63, 3.8) is 0 Å². The fourth-order valence-electron chi connectivity index (χ4n) is 5.29. The van der Waals surface area contributed by atoms with Crippen LogP contribution in [0, 0.1) is 17.0 Å². The fraction of sp³-hybridized carbons (Fsp3) is 0.278. The van der Waals surface area contributed by atoms with E-state index in [1.165, 1.54) is 49.3 Å². The van der Waals surface area contributed by atoms with Gasteiger partial charge in [-0.3, -0.25) is 24.0 Å². The van der Waals surface area contributed by atoms with Crippen LogP contribution in [0.5, 0.6) is 5.75 Å². The predicted octanol–water partition coefficient (Wildman–Crippen LogP) is 7.08. The molecule has 0 radical (unpaired) electrons. The van der Waals surface area contributed by atoms with Crippen LogP contribution in [0.25, 0.3) is 0 Å². The van der Waals surface area contributed by atoms with Gasteiger partial charge in [0.25, 0.3) is 15.7 Å². The molecule has 4 aromatic carbocycles. The number of halogens is 2. The predicted molar refractivity (Wildman–Crippen MR) is 197 cm³/mol. The van der Waals surface area contributed by atoms with Gasteiger partial charge in [-0.2, -0.15) is 0 Å². The molecule has 0 aliphatic rings. The minimum Gasteiger partial charge on any atom is -0.495 e. The van der Waals surface area contributed by atoms with Crippen molar-refractivity contribution in [1.82, 2.24) is 10.2 Å². The van der Waals surface area contributed by atoms with Gasteiger partial charge in [0, 0.05) is 40.6 Å². The first kappa shape index (κ1) is 38.3. The van der Waals surface area contributed by atoms with E-state index in [9.17, 15) is 28.1 Å². The zero-order valence-electron chi connectivity index (χ0n) is 27.8. The molecule has 0 saturated heterocycles. The van der Waals surface area contributed by atoms with Crippen LogP contribution in [0.1, 0.15) is 36.5 Å². The van der Waals surface area contributed by atoms with Gasteiger partial charge in [-0.25, -0.2) is 8.42 Å². The van der Waals surface area contributed by atoms with Crippen molar-refractivity contribution < 1.29 is 27.7 Å². The zero-order chi connectivity index (χ0) is 36.4. The molecule has 11 nitrogen and oxygen atoms in total. The molecular weight excluding hydrogens is 748 g/mol. The Morgan fingerprint density at radius 1 is 1.00 bits per heavy atom. The van der Waals surface area contributed by atoms with Crippen LogP contribution in [0.3, 0.4) is 0 Å². The number of hydrogen-bond acceptors (Lipinski definition) is 7. The maximum atomic E-state index is 14.7. The fourth-order valence-corrected chi connectivity index (χ4v) is 7.16. The number of nitrogens with one attached hydrogen (secondary N) is 1. The molecule has 4 aromatic rings. The number of nitro benzene ring substituents is 1. The number of methoxy groups -OCH3 is 1. The summed E-state index contributed by atoms with van der Waals surface area (Å²) < 4.78 is 36.1. The van der Waals surface area contributed by atoms with E-state index < -0.39 is 49.9 Å². The molecule has 14 heteroatoms. The van der Waals surface area contributed by atoms with E-state index in [2.05, 4.69) is 21.2 Å². The largest absolute Gasteiger partial charge is 0.495 e. The molecule has 0 aromatic heterocycles. The van der Waals surface area contributed by atoms with Crippen LogP contribution >= 0.6 is 27.5 Å². The maximum Gasteiger partial charge on any atom is 0.273 e. The summed E-state index contributed by atoms with van der Waals surface area (Å²) in [6, 6.07) is 23.3. The van der Waals surface area contributed by atoms with Crippen LogP contribution in [0.15, 0.2) is 100 Å². The molecule has 0 aliphatic carbocycles. The van der Waals surface area contributed by atoms with E-state index in [0.717, 1.165) is 33.2 Å². The third-order valence-corrected chi connectivity index (χ3v) is 10.5. The molecule has 264 valence electrons. The lowest BCUT2D eigenvalue weighted by atomic mass is 10.0. The number of nitrogens with zero attached hydrogens (tertiary/aromatic N) is 3. The number of sulfonamides is 1. The van der Waals surface area contributed by atoms with Gasteiger partial charge in [0.05, 0.1) is 22.6 Å². The number of ether oxygens (including phenoxy) is 1. The van der Waals surface area contributed by atoms with Crippen LogP contribution in [0.4, 0.5) is 11.4 Å². The first-order valence-electron chi connectivity index (χ1n) is 15.8. The highest BCUT2D eigenvalue weighted by molar-refractivity contribution is 9.10. The number of nitro groups is 1. The number of carbonyl (C=O) groups excluding carboxylic acids is 2. The van der Waals surface area contributed by atoms with E-state index in [-0.39, 0.29) is 35.0 Å². The number of unbranched alkanes of at least 4 members (excludes halogenated alkanes) is 1.